The van der Waals surface area contributed by atoms with E-state index in [1.807, 2.05) is 13.0 Å². The van der Waals surface area contributed by atoms with Gasteiger partial charge in [0, 0.05) is 30.0 Å². The molecule has 2 fully saturated rings. The predicted molar refractivity (Wildman–Crippen MR) is 130 cm³/mol. The van der Waals surface area contributed by atoms with Gasteiger partial charge in [-0.3, -0.25) is 9.59 Å². The standard InChI is InChI=1S/C27H25FN6O2/c1-16-8-23(34-6-5-27(15-29,26(34)36)21-3-4-21)12-24(32-16)25(35)30-13-18-9-19(11-22(28)10-18)20-7-17(2)33-31-14-20/h7-12,14,21H,3-6,13H2,1-2H3,(H,30,35)/t27-/m1/s1. The third-order valence-electron chi connectivity index (χ3n) is 6.83. The van der Waals surface area contributed by atoms with E-state index in [9.17, 15) is 19.2 Å². The number of rotatable bonds is 6. The molecule has 0 bridgehead atoms. The van der Waals surface area contributed by atoms with Crippen molar-refractivity contribution >= 4 is 17.5 Å². The van der Waals surface area contributed by atoms with Gasteiger partial charge in [0.25, 0.3) is 5.91 Å². The Morgan fingerprint density at radius 3 is 2.69 bits per heavy atom. The van der Waals surface area contributed by atoms with Crippen LogP contribution in [0.1, 0.15) is 46.7 Å². The average molecular weight is 485 g/mol. The van der Waals surface area contributed by atoms with Crippen molar-refractivity contribution < 1.29 is 14.0 Å². The summed E-state index contributed by atoms with van der Waals surface area (Å²) in [7, 11) is 0. The lowest BCUT2D eigenvalue weighted by atomic mass is 9.83. The zero-order valence-corrected chi connectivity index (χ0v) is 20.1. The van der Waals surface area contributed by atoms with Gasteiger partial charge in [-0.25, -0.2) is 9.37 Å². The van der Waals surface area contributed by atoms with Crippen LogP contribution in [0.2, 0.25) is 0 Å². The zero-order chi connectivity index (χ0) is 25.4. The van der Waals surface area contributed by atoms with Crippen LogP contribution < -0.4 is 10.2 Å². The molecule has 0 unspecified atom stereocenters. The topological polar surface area (TPSA) is 112 Å². The summed E-state index contributed by atoms with van der Waals surface area (Å²) in [6.45, 7) is 4.08. The molecule has 5 rings (SSSR count). The van der Waals surface area contributed by atoms with Gasteiger partial charge in [-0.05, 0) is 86.6 Å². The summed E-state index contributed by atoms with van der Waals surface area (Å²) in [5, 5.41) is 20.4. The number of benzene rings is 1. The van der Waals surface area contributed by atoms with Crippen LogP contribution in [-0.4, -0.2) is 33.5 Å². The molecule has 3 aromatic rings. The first-order valence-electron chi connectivity index (χ1n) is 11.9. The fourth-order valence-electron chi connectivity index (χ4n) is 4.88. The third-order valence-corrected chi connectivity index (χ3v) is 6.83. The number of amides is 2. The molecule has 1 aliphatic heterocycles. The highest BCUT2D eigenvalue weighted by molar-refractivity contribution is 6.03. The Labute approximate surface area is 208 Å². The van der Waals surface area contributed by atoms with Crippen molar-refractivity contribution in [2.75, 3.05) is 11.4 Å². The van der Waals surface area contributed by atoms with Gasteiger partial charge >= 0.3 is 0 Å². The molecule has 0 radical (unpaired) electrons. The Morgan fingerprint density at radius 1 is 1.17 bits per heavy atom. The monoisotopic (exact) mass is 484 g/mol. The molecular weight excluding hydrogens is 459 g/mol. The molecule has 1 aromatic carbocycles. The fraction of sp³-hybridized carbons (Fsp3) is 0.333. The van der Waals surface area contributed by atoms with Crippen molar-refractivity contribution in [2.45, 2.75) is 39.7 Å². The lowest BCUT2D eigenvalue weighted by Crippen LogP contribution is -2.35. The Kier molecular flexibility index (Phi) is 5.96. The van der Waals surface area contributed by atoms with E-state index in [1.165, 1.54) is 12.1 Å². The molecule has 1 saturated heterocycles. The van der Waals surface area contributed by atoms with Crippen LogP contribution in [0.3, 0.4) is 0 Å². The van der Waals surface area contributed by atoms with Crippen LogP contribution in [0, 0.1) is 42.3 Å². The van der Waals surface area contributed by atoms with Gasteiger partial charge in [-0.15, -0.1) is 0 Å². The number of carbonyl (C=O) groups excluding carboxylic acids is 2. The van der Waals surface area contributed by atoms with Crippen LogP contribution >= 0.6 is 0 Å². The summed E-state index contributed by atoms with van der Waals surface area (Å²) in [6, 6.07) is 12.0. The molecule has 2 aromatic heterocycles. The molecule has 2 amide bonds. The lowest BCUT2D eigenvalue weighted by Gasteiger charge is -2.21. The quantitative estimate of drug-likeness (QED) is 0.568. The van der Waals surface area contributed by atoms with Crippen molar-refractivity contribution in [3.05, 3.63) is 71.1 Å². The minimum Gasteiger partial charge on any atom is -0.347 e. The first-order valence-corrected chi connectivity index (χ1v) is 11.9. The van der Waals surface area contributed by atoms with Crippen molar-refractivity contribution in [1.29, 1.82) is 5.26 Å². The fourth-order valence-corrected chi connectivity index (χ4v) is 4.88. The van der Waals surface area contributed by atoms with E-state index in [0.717, 1.165) is 18.4 Å². The number of aryl methyl sites for hydroxylation is 2. The third kappa shape index (κ3) is 4.42. The summed E-state index contributed by atoms with van der Waals surface area (Å²) in [5.41, 5.74) is 3.00. The molecule has 1 atom stereocenters. The molecule has 1 aliphatic carbocycles. The number of nitrogens with zero attached hydrogens (tertiary/aromatic N) is 5. The number of nitriles is 1. The molecule has 8 nitrogen and oxygen atoms in total. The molecule has 36 heavy (non-hydrogen) atoms. The van der Waals surface area contributed by atoms with Gasteiger partial charge in [0.05, 0.1) is 18.0 Å². The molecule has 1 saturated carbocycles. The van der Waals surface area contributed by atoms with E-state index < -0.39 is 17.1 Å². The number of hydrogen-bond donors (Lipinski definition) is 1. The minimum atomic E-state index is -0.961. The highest BCUT2D eigenvalue weighted by Gasteiger charge is 2.56. The van der Waals surface area contributed by atoms with Crippen LogP contribution in [0.5, 0.6) is 0 Å². The Bertz CT molecular complexity index is 1410. The second-order valence-electron chi connectivity index (χ2n) is 9.53. The summed E-state index contributed by atoms with van der Waals surface area (Å²) in [4.78, 5) is 32.1. The summed E-state index contributed by atoms with van der Waals surface area (Å²) in [5.74, 6) is -0.940. The van der Waals surface area contributed by atoms with Crippen LogP contribution in [-0.2, 0) is 11.3 Å². The summed E-state index contributed by atoms with van der Waals surface area (Å²) < 4.78 is 14.3. The van der Waals surface area contributed by atoms with E-state index in [1.54, 1.807) is 36.2 Å². The maximum atomic E-state index is 14.3. The second kappa shape index (κ2) is 9.11. The SMILES string of the molecule is Cc1cc(-c2cc(F)cc(CNC(=O)c3cc(N4CC[C@@](C#N)(C5CC5)C4=O)cc(C)n3)c2)cnn1. The van der Waals surface area contributed by atoms with Gasteiger partial charge < -0.3 is 10.2 Å². The number of carbonyl (C=O) groups is 2. The highest BCUT2D eigenvalue weighted by Crippen LogP contribution is 2.51. The number of anilines is 1. The van der Waals surface area contributed by atoms with Crippen molar-refractivity contribution in [3.63, 3.8) is 0 Å². The molecule has 3 heterocycles. The minimum absolute atomic E-state index is 0.0912. The zero-order valence-electron chi connectivity index (χ0n) is 20.1. The predicted octanol–water partition coefficient (Wildman–Crippen LogP) is 3.88. The Hall–Kier alpha value is -4.19. The van der Waals surface area contributed by atoms with Gasteiger partial charge in [0.1, 0.15) is 16.9 Å². The Balaban J connectivity index is 1.33. The smallest absolute Gasteiger partial charge is 0.270 e. The van der Waals surface area contributed by atoms with E-state index in [-0.39, 0.29) is 24.1 Å². The maximum Gasteiger partial charge on any atom is 0.270 e. The number of halogens is 1. The first-order chi connectivity index (χ1) is 17.3. The molecular formula is C27H25FN6O2. The van der Waals surface area contributed by atoms with Crippen molar-refractivity contribution in [1.82, 2.24) is 20.5 Å². The number of pyridine rings is 1. The molecule has 2 aliphatic rings. The van der Waals surface area contributed by atoms with Gasteiger partial charge in [-0.2, -0.15) is 15.5 Å². The van der Waals surface area contributed by atoms with E-state index in [0.29, 0.717) is 41.2 Å². The van der Waals surface area contributed by atoms with Gasteiger partial charge in [0.15, 0.2) is 0 Å². The summed E-state index contributed by atoms with van der Waals surface area (Å²) in [6.07, 6.45) is 3.85. The molecule has 182 valence electrons. The maximum absolute atomic E-state index is 14.3. The van der Waals surface area contributed by atoms with Crippen molar-refractivity contribution in [3.8, 4) is 17.2 Å². The lowest BCUT2D eigenvalue weighted by molar-refractivity contribution is -0.123. The highest BCUT2D eigenvalue weighted by atomic mass is 19.1. The number of nitrogens with one attached hydrogen (secondary N) is 1. The van der Waals surface area contributed by atoms with Gasteiger partial charge in [0.2, 0.25) is 5.91 Å². The Morgan fingerprint density at radius 2 is 1.97 bits per heavy atom. The van der Waals surface area contributed by atoms with E-state index >= 15 is 0 Å². The second-order valence-corrected chi connectivity index (χ2v) is 9.53. The summed E-state index contributed by atoms with van der Waals surface area (Å²) >= 11 is 0. The molecule has 9 heteroatoms. The van der Waals surface area contributed by atoms with Crippen LogP contribution in [0.25, 0.3) is 11.1 Å². The van der Waals surface area contributed by atoms with E-state index in [2.05, 4.69) is 26.6 Å². The van der Waals surface area contributed by atoms with E-state index in [4.69, 9.17) is 0 Å². The normalized spacial score (nSPS) is 19.3. The first kappa shape index (κ1) is 23.5. The van der Waals surface area contributed by atoms with Crippen LogP contribution in [0.15, 0.2) is 42.6 Å². The largest absolute Gasteiger partial charge is 0.347 e. The van der Waals surface area contributed by atoms with Gasteiger partial charge in [-0.1, -0.05) is 0 Å². The molecule has 1 N–H and O–H groups in total. The average Bonchev–Trinajstić information content (AvgIpc) is 3.65. The number of hydrogen-bond acceptors (Lipinski definition) is 6. The number of aromatic nitrogens is 3. The van der Waals surface area contributed by atoms with Crippen LogP contribution in [0.4, 0.5) is 10.1 Å². The van der Waals surface area contributed by atoms with Crippen molar-refractivity contribution in [2.24, 2.45) is 11.3 Å². The molecule has 0 spiro atoms.